The fraction of sp³-hybridized carbons (Fsp3) is 0.455. The lowest BCUT2D eigenvalue weighted by Crippen LogP contribution is -2.21. The summed E-state index contributed by atoms with van der Waals surface area (Å²) < 4.78 is 70.1. The van der Waals surface area contributed by atoms with Gasteiger partial charge in [-0.25, -0.2) is 4.39 Å². The Balaban J connectivity index is 0.000000433. The van der Waals surface area contributed by atoms with Gasteiger partial charge in [0.2, 0.25) is 0 Å². The third-order valence-electron chi connectivity index (χ3n) is 2.15. The highest BCUT2D eigenvalue weighted by Gasteiger charge is 2.44. The molecular weight excluding hydrogens is 334 g/mol. The van der Waals surface area contributed by atoms with Crippen LogP contribution in [0.4, 0.5) is 17.6 Å². The van der Waals surface area contributed by atoms with Crippen LogP contribution in [0, 0.1) is 5.82 Å². The summed E-state index contributed by atoms with van der Waals surface area (Å²) in [6.45, 7) is 2.90. The van der Waals surface area contributed by atoms with Crippen LogP contribution in [-0.2, 0) is 16.7 Å². The van der Waals surface area contributed by atoms with Crippen LogP contribution in [0.3, 0.4) is 0 Å². The Labute approximate surface area is 124 Å². The number of thioether (sulfide) groups is 1. The Morgan fingerprint density at radius 1 is 1.29 bits per heavy atom. The molecule has 0 aromatic heterocycles. The molecule has 1 aromatic rings. The molecule has 122 valence electrons. The zero-order chi connectivity index (χ0) is 16.7. The average Bonchev–Trinajstić information content (AvgIpc) is 2.36. The van der Waals surface area contributed by atoms with Crippen molar-refractivity contribution >= 4 is 21.9 Å². The van der Waals surface area contributed by atoms with Crippen molar-refractivity contribution in [3.05, 3.63) is 35.6 Å². The second-order valence-electron chi connectivity index (χ2n) is 3.81. The molecule has 4 nitrogen and oxygen atoms in total. The number of rotatable bonds is 4. The summed E-state index contributed by atoms with van der Waals surface area (Å²) in [7, 11) is -5.84. The second kappa shape index (κ2) is 8.57. The molecule has 0 aliphatic heterocycles. The fourth-order valence-electron chi connectivity index (χ4n) is 0.947. The molecule has 0 radical (unpaired) electrons. The highest BCUT2D eigenvalue weighted by Crippen LogP contribution is 2.20. The number of hydrogen-bond acceptors (Lipinski definition) is 4. The lowest BCUT2D eigenvalue weighted by Gasteiger charge is -2.10. The molecule has 1 rings (SSSR count). The summed E-state index contributed by atoms with van der Waals surface area (Å²) in [5.41, 5.74) is -4.42. The van der Waals surface area contributed by atoms with E-state index in [-0.39, 0.29) is 5.82 Å². The van der Waals surface area contributed by atoms with E-state index in [1.165, 1.54) is 12.1 Å². The summed E-state index contributed by atoms with van der Waals surface area (Å²) in [4.78, 5) is 0. The Morgan fingerprint density at radius 2 is 1.71 bits per heavy atom. The first kappa shape index (κ1) is 20.2. The van der Waals surface area contributed by atoms with Gasteiger partial charge in [-0.2, -0.15) is 21.6 Å². The van der Waals surface area contributed by atoms with E-state index < -0.39 is 15.6 Å². The molecule has 0 saturated heterocycles. The van der Waals surface area contributed by atoms with Gasteiger partial charge in [0.1, 0.15) is 5.82 Å². The Kier molecular flexibility index (Phi) is 8.22. The van der Waals surface area contributed by atoms with Crippen LogP contribution in [-0.4, -0.2) is 30.1 Å². The Hall–Kier alpha value is -0.840. The maximum atomic E-state index is 12.5. The molecule has 0 saturated carbocycles. The van der Waals surface area contributed by atoms with Gasteiger partial charge in [0, 0.05) is 6.54 Å². The third-order valence-corrected chi connectivity index (χ3v) is 3.61. The SMILES string of the molecule is CSC(C)NCc1ccc(F)cc1.O=S(=O)(O)C(F)(F)F. The van der Waals surface area contributed by atoms with E-state index in [0.29, 0.717) is 5.37 Å². The van der Waals surface area contributed by atoms with Crippen molar-refractivity contribution in [3.63, 3.8) is 0 Å². The first-order valence-corrected chi connectivity index (χ1v) is 8.24. The zero-order valence-electron chi connectivity index (χ0n) is 11.2. The van der Waals surface area contributed by atoms with E-state index in [1.54, 1.807) is 23.9 Å². The van der Waals surface area contributed by atoms with Crippen LogP contribution in [0.15, 0.2) is 24.3 Å². The van der Waals surface area contributed by atoms with Crippen LogP contribution < -0.4 is 5.32 Å². The van der Waals surface area contributed by atoms with E-state index in [1.807, 2.05) is 0 Å². The van der Waals surface area contributed by atoms with Crippen molar-refractivity contribution in [2.75, 3.05) is 6.26 Å². The van der Waals surface area contributed by atoms with Gasteiger partial charge < -0.3 is 5.32 Å². The van der Waals surface area contributed by atoms with Crippen molar-refractivity contribution in [2.24, 2.45) is 0 Å². The van der Waals surface area contributed by atoms with Crippen molar-refractivity contribution < 1.29 is 30.5 Å². The van der Waals surface area contributed by atoms with Crippen LogP contribution >= 0.6 is 11.8 Å². The van der Waals surface area contributed by atoms with Gasteiger partial charge in [-0.05, 0) is 30.9 Å². The molecule has 2 N–H and O–H groups in total. The predicted molar refractivity (Wildman–Crippen MR) is 73.8 cm³/mol. The number of nitrogens with one attached hydrogen (secondary N) is 1. The van der Waals surface area contributed by atoms with Gasteiger partial charge in [0.25, 0.3) is 0 Å². The summed E-state index contributed by atoms with van der Waals surface area (Å²) >= 11 is 1.76. The zero-order valence-corrected chi connectivity index (χ0v) is 12.8. The fourth-order valence-corrected chi connectivity index (χ4v) is 1.20. The minimum atomic E-state index is -5.84. The highest BCUT2D eigenvalue weighted by molar-refractivity contribution is 7.99. The largest absolute Gasteiger partial charge is 0.522 e. The molecule has 0 aliphatic rings. The molecule has 21 heavy (non-hydrogen) atoms. The molecule has 1 aromatic carbocycles. The molecule has 10 heteroatoms. The maximum absolute atomic E-state index is 12.5. The van der Waals surface area contributed by atoms with Gasteiger partial charge in [0.15, 0.2) is 0 Å². The van der Waals surface area contributed by atoms with Crippen molar-refractivity contribution in [1.29, 1.82) is 0 Å². The minimum Gasteiger partial charge on any atom is -0.301 e. The molecule has 1 atom stereocenters. The summed E-state index contributed by atoms with van der Waals surface area (Å²) in [5, 5.41) is 3.74. The highest BCUT2D eigenvalue weighted by atomic mass is 32.2. The van der Waals surface area contributed by atoms with Crippen LogP contribution in [0.2, 0.25) is 0 Å². The topological polar surface area (TPSA) is 66.4 Å². The van der Waals surface area contributed by atoms with E-state index in [9.17, 15) is 17.6 Å². The predicted octanol–water partition coefficient (Wildman–Crippen LogP) is 3.02. The van der Waals surface area contributed by atoms with E-state index in [0.717, 1.165) is 12.1 Å². The van der Waals surface area contributed by atoms with E-state index in [2.05, 4.69) is 18.5 Å². The third kappa shape index (κ3) is 8.91. The summed E-state index contributed by atoms with van der Waals surface area (Å²) in [5.74, 6) is -0.179. The van der Waals surface area contributed by atoms with Crippen molar-refractivity contribution in [1.82, 2.24) is 5.32 Å². The minimum absolute atomic E-state index is 0.179. The van der Waals surface area contributed by atoms with Crippen LogP contribution in [0.25, 0.3) is 0 Å². The molecule has 0 amide bonds. The molecule has 0 spiro atoms. The lowest BCUT2D eigenvalue weighted by molar-refractivity contribution is -0.0510. The molecule has 0 aliphatic carbocycles. The van der Waals surface area contributed by atoms with Crippen molar-refractivity contribution in [2.45, 2.75) is 24.4 Å². The van der Waals surface area contributed by atoms with Crippen LogP contribution in [0.1, 0.15) is 12.5 Å². The van der Waals surface area contributed by atoms with E-state index in [4.69, 9.17) is 13.0 Å². The Bertz CT molecular complexity index is 517. The molecule has 0 fully saturated rings. The number of hydrogen-bond donors (Lipinski definition) is 2. The first-order chi connectivity index (χ1) is 9.47. The Morgan fingerprint density at radius 3 is 2.05 bits per heavy atom. The smallest absolute Gasteiger partial charge is 0.301 e. The van der Waals surface area contributed by atoms with E-state index >= 15 is 0 Å². The molecule has 0 heterocycles. The van der Waals surface area contributed by atoms with Crippen LogP contribution in [0.5, 0.6) is 0 Å². The number of halogens is 4. The second-order valence-corrected chi connectivity index (χ2v) is 6.40. The van der Waals surface area contributed by atoms with Gasteiger partial charge in [-0.1, -0.05) is 12.1 Å². The normalized spacial score (nSPS) is 13.3. The lowest BCUT2D eigenvalue weighted by atomic mass is 10.2. The maximum Gasteiger partial charge on any atom is 0.522 e. The molecule has 1 unspecified atom stereocenters. The first-order valence-electron chi connectivity index (χ1n) is 5.51. The molecular formula is C11H15F4NO3S2. The van der Waals surface area contributed by atoms with Gasteiger partial charge >= 0.3 is 15.6 Å². The molecule has 0 bridgehead atoms. The monoisotopic (exact) mass is 349 g/mol. The number of benzene rings is 1. The van der Waals surface area contributed by atoms with Gasteiger partial charge in [-0.15, -0.1) is 11.8 Å². The van der Waals surface area contributed by atoms with Gasteiger partial charge in [-0.3, -0.25) is 4.55 Å². The van der Waals surface area contributed by atoms with Gasteiger partial charge in [0.05, 0.1) is 5.37 Å². The summed E-state index contributed by atoms with van der Waals surface area (Å²) in [6, 6.07) is 6.58. The summed E-state index contributed by atoms with van der Waals surface area (Å²) in [6.07, 6.45) is 2.06. The van der Waals surface area contributed by atoms with Crippen molar-refractivity contribution in [3.8, 4) is 0 Å². The number of alkyl halides is 3. The standard InChI is InChI=1S/C10H14FNS.CHF3O3S/c1-8(13-2)12-7-9-3-5-10(11)6-4-9;2-1(3,4)8(5,6)7/h3-6,8,12H,7H2,1-2H3;(H,5,6,7). The average molecular weight is 349 g/mol. The quantitative estimate of drug-likeness (QED) is 0.379.